The van der Waals surface area contributed by atoms with Gasteiger partial charge in [0.2, 0.25) is 4.96 Å². The van der Waals surface area contributed by atoms with E-state index in [0.29, 0.717) is 12.4 Å². The van der Waals surface area contributed by atoms with Gasteiger partial charge in [0, 0.05) is 7.11 Å². The Morgan fingerprint density at radius 1 is 1.14 bits per heavy atom. The van der Waals surface area contributed by atoms with Crippen molar-refractivity contribution in [1.29, 1.82) is 0 Å². The second-order valence-corrected chi connectivity index (χ2v) is 5.28. The normalized spacial score (nSPS) is 11.5. The predicted molar refractivity (Wildman–Crippen MR) is 81.3 cm³/mol. The van der Waals surface area contributed by atoms with Crippen LogP contribution in [0.25, 0.3) is 17.1 Å². The molecular weight excluding hydrogens is 288 g/mol. The van der Waals surface area contributed by atoms with Crippen LogP contribution in [0.1, 0.15) is 16.4 Å². The third kappa shape index (κ3) is 2.93. The van der Waals surface area contributed by atoms with Crippen molar-refractivity contribution in [3.8, 4) is 5.75 Å². The van der Waals surface area contributed by atoms with Gasteiger partial charge < -0.3 is 9.47 Å². The van der Waals surface area contributed by atoms with E-state index in [0.717, 1.165) is 21.3 Å². The number of ether oxygens (including phenoxy) is 2. The minimum Gasteiger partial charge on any atom is -0.497 e. The van der Waals surface area contributed by atoms with Gasteiger partial charge in [-0.05, 0) is 23.8 Å². The molecule has 0 radical (unpaired) electrons. The van der Waals surface area contributed by atoms with Crippen LogP contribution in [0.3, 0.4) is 0 Å². The number of fused-ring (bicyclic) bond motifs is 1. The molecule has 6 nitrogen and oxygen atoms in total. The summed E-state index contributed by atoms with van der Waals surface area (Å²) in [7, 11) is 3.28. The maximum Gasteiger partial charge on any atom is 0.235 e. The van der Waals surface area contributed by atoms with E-state index in [4.69, 9.17) is 9.47 Å². The van der Waals surface area contributed by atoms with Gasteiger partial charge in [-0.15, -0.1) is 10.2 Å². The highest BCUT2D eigenvalue weighted by atomic mass is 32.1. The van der Waals surface area contributed by atoms with Crippen LogP contribution in [-0.4, -0.2) is 34.0 Å². The minimum atomic E-state index is 0.395. The predicted octanol–water partition coefficient (Wildman–Crippen LogP) is 2.51. The van der Waals surface area contributed by atoms with Crippen LogP contribution in [0.15, 0.2) is 24.3 Å². The molecule has 21 heavy (non-hydrogen) atoms. The fourth-order valence-corrected chi connectivity index (χ4v) is 2.60. The molecule has 0 aliphatic rings. The topological polar surface area (TPSA) is 61.5 Å². The minimum absolute atomic E-state index is 0.395. The van der Waals surface area contributed by atoms with E-state index in [2.05, 4.69) is 15.3 Å². The zero-order valence-electron chi connectivity index (χ0n) is 11.7. The molecule has 1 aromatic carbocycles. The van der Waals surface area contributed by atoms with Crippen LogP contribution >= 0.6 is 11.3 Å². The largest absolute Gasteiger partial charge is 0.497 e. The van der Waals surface area contributed by atoms with Crippen LogP contribution in [0.2, 0.25) is 0 Å². The van der Waals surface area contributed by atoms with Crippen LogP contribution in [-0.2, 0) is 11.3 Å². The lowest BCUT2D eigenvalue weighted by atomic mass is 10.2. The Morgan fingerprint density at radius 3 is 2.67 bits per heavy atom. The molecule has 0 saturated heterocycles. The lowest BCUT2D eigenvalue weighted by molar-refractivity contribution is 0.176. The summed E-state index contributed by atoms with van der Waals surface area (Å²) in [5, 5.41) is 13.4. The highest BCUT2D eigenvalue weighted by Crippen LogP contribution is 2.18. The van der Waals surface area contributed by atoms with E-state index in [1.807, 2.05) is 36.4 Å². The summed E-state index contributed by atoms with van der Waals surface area (Å²) in [6.45, 7) is 0.395. The first kappa shape index (κ1) is 13.7. The highest BCUT2D eigenvalue weighted by molar-refractivity contribution is 7.17. The van der Waals surface area contributed by atoms with Crippen molar-refractivity contribution in [1.82, 2.24) is 19.8 Å². The van der Waals surface area contributed by atoms with Gasteiger partial charge in [0.15, 0.2) is 5.82 Å². The molecule has 2 heterocycles. The van der Waals surface area contributed by atoms with E-state index in [9.17, 15) is 0 Å². The number of nitrogens with zero attached hydrogens (tertiary/aromatic N) is 4. The third-order valence-corrected chi connectivity index (χ3v) is 3.74. The van der Waals surface area contributed by atoms with Crippen molar-refractivity contribution in [3.05, 3.63) is 40.7 Å². The van der Waals surface area contributed by atoms with Gasteiger partial charge >= 0.3 is 0 Å². The first-order valence-corrected chi connectivity index (χ1v) is 7.14. The van der Waals surface area contributed by atoms with Crippen molar-refractivity contribution in [3.63, 3.8) is 0 Å². The number of hydrogen-bond donors (Lipinski definition) is 0. The number of methoxy groups -OCH3 is 2. The Balaban J connectivity index is 1.81. The molecule has 3 rings (SSSR count). The Bertz CT molecular complexity index is 761. The quantitative estimate of drug-likeness (QED) is 0.724. The maximum atomic E-state index is 5.13. The average Bonchev–Trinajstić information content (AvgIpc) is 3.08. The Hall–Kier alpha value is -2.25. The maximum absolute atomic E-state index is 5.13. The van der Waals surface area contributed by atoms with Crippen molar-refractivity contribution in [2.24, 2.45) is 0 Å². The first-order valence-electron chi connectivity index (χ1n) is 6.32. The van der Waals surface area contributed by atoms with Crippen LogP contribution in [0, 0.1) is 0 Å². The average molecular weight is 302 g/mol. The lowest BCUT2D eigenvalue weighted by Gasteiger charge is -1.98. The van der Waals surface area contributed by atoms with E-state index < -0.39 is 0 Å². The molecule has 0 fully saturated rings. The number of rotatable bonds is 5. The van der Waals surface area contributed by atoms with Crippen LogP contribution in [0.5, 0.6) is 5.75 Å². The molecule has 0 saturated carbocycles. The smallest absolute Gasteiger partial charge is 0.235 e. The second-order valence-electron chi connectivity index (χ2n) is 4.29. The van der Waals surface area contributed by atoms with Gasteiger partial charge in [0.05, 0.1) is 7.11 Å². The number of benzene rings is 1. The standard InChI is InChI=1S/C14H14N4O2S/c1-19-9-12-15-16-14-18(12)17-13(21-14)8-5-10-3-6-11(20-2)7-4-10/h3-8H,9H2,1-2H3/b8-5+. The number of hydrogen-bond acceptors (Lipinski definition) is 6. The molecular formula is C14H14N4O2S. The molecule has 0 unspecified atom stereocenters. The van der Waals surface area contributed by atoms with Crippen molar-refractivity contribution >= 4 is 28.4 Å². The van der Waals surface area contributed by atoms with Gasteiger partial charge in [-0.1, -0.05) is 29.5 Å². The Kier molecular flexibility index (Phi) is 3.94. The summed E-state index contributed by atoms with van der Waals surface area (Å²) in [6, 6.07) is 7.84. The molecule has 3 aromatic rings. The van der Waals surface area contributed by atoms with Gasteiger partial charge in [0.25, 0.3) is 0 Å². The van der Waals surface area contributed by atoms with Gasteiger partial charge in [-0.25, -0.2) is 0 Å². The molecule has 0 N–H and O–H groups in total. The molecule has 0 amide bonds. The van der Waals surface area contributed by atoms with E-state index in [-0.39, 0.29) is 0 Å². The van der Waals surface area contributed by atoms with Crippen molar-refractivity contribution in [2.45, 2.75) is 6.61 Å². The molecule has 0 bridgehead atoms. The third-order valence-electron chi connectivity index (χ3n) is 2.88. The molecule has 2 aromatic heterocycles. The zero-order valence-corrected chi connectivity index (χ0v) is 12.5. The summed E-state index contributed by atoms with van der Waals surface area (Å²) < 4.78 is 11.9. The van der Waals surface area contributed by atoms with E-state index >= 15 is 0 Å². The van der Waals surface area contributed by atoms with E-state index in [1.54, 1.807) is 18.7 Å². The molecule has 7 heteroatoms. The molecule has 0 atom stereocenters. The summed E-state index contributed by atoms with van der Waals surface area (Å²) in [6.07, 6.45) is 3.96. The Labute approximate surface area is 125 Å². The summed E-state index contributed by atoms with van der Waals surface area (Å²) >= 11 is 1.48. The summed E-state index contributed by atoms with van der Waals surface area (Å²) in [4.78, 5) is 0.761. The molecule has 0 spiro atoms. The van der Waals surface area contributed by atoms with Gasteiger partial charge in [-0.2, -0.15) is 9.61 Å². The highest BCUT2D eigenvalue weighted by Gasteiger charge is 2.09. The monoisotopic (exact) mass is 302 g/mol. The fourth-order valence-electron chi connectivity index (χ4n) is 1.84. The fraction of sp³-hybridized carbons (Fsp3) is 0.214. The van der Waals surface area contributed by atoms with E-state index in [1.165, 1.54) is 11.3 Å². The van der Waals surface area contributed by atoms with Crippen LogP contribution < -0.4 is 4.74 Å². The van der Waals surface area contributed by atoms with Gasteiger partial charge in [0.1, 0.15) is 17.4 Å². The molecule has 0 aliphatic heterocycles. The zero-order chi connectivity index (χ0) is 14.7. The van der Waals surface area contributed by atoms with Crippen molar-refractivity contribution < 1.29 is 9.47 Å². The lowest BCUT2D eigenvalue weighted by Crippen LogP contribution is -1.97. The molecule has 108 valence electrons. The van der Waals surface area contributed by atoms with Gasteiger partial charge in [-0.3, -0.25) is 0 Å². The first-order chi connectivity index (χ1) is 10.3. The molecule has 0 aliphatic carbocycles. The second kappa shape index (κ2) is 6.02. The van der Waals surface area contributed by atoms with Crippen molar-refractivity contribution in [2.75, 3.05) is 14.2 Å². The summed E-state index contributed by atoms with van der Waals surface area (Å²) in [5.41, 5.74) is 1.08. The number of aromatic nitrogens is 4. The van der Waals surface area contributed by atoms with Crippen LogP contribution in [0.4, 0.5) is 0 Å². The Morgan fingerprint density at radius 2 is 1.95 bits per heavy atom. The summed E-state index contributed by atoms with van der Waals surface area (Å²) in [5.74, 6) is 1.54. The SMILES string of the molecule is COCc1nnc2sc(/C=C/c3ccc(OC)cc3)nn12.